The van der Waals surface area contributed by atoms with Crippen molar-refractivity contribution >= 4 is 39.6 Å². The lowest BCUT2D eigenvalue weighted by molar-refractivity contribution is 0.0962. The van der Waals surface area contributed by atoms with Crippen LogP contribution in [0.2, 0.25) is 0 Å². The lowest BCUT2D eigenvalue weighted by Gasteiger charge is -2.16. The Hall–Kier alpha value is -4.60. The number of anilines is 2. The summed E-state index contributed by atoms with van der Waals surface area (Å²) in [6.07, 6.45) is 8.18. The second-order valence-corrected chi connectivity index (χ2v) is 9.48. The van der Waals surface area contributed by atoms with Crippen molar-refractivity contribution in [2.45, 2.75) is 31.8 Å². The third kappa shape index (κ3) is 4.27. The van der Waals surface area contributed by atoms with Gasteiger partial charge in [-0.15, -0.1) is 0 Å². The monoisotopic (exact) mass is 511 g/mol. The van der Waals surface area contributed by atoms with Crippen LogP contribution in [-0.2, 0) is 7.05 Å². The molecule has 10 nitrogen and oxygen atoms in total. The summed E-state index contributed by atoms with van der Waals surface area (Å²) >= 11 is 0. The van der Waals surface area contributed by atoms with Gasteiger partial charge in [0.15, 0.2) is 0 Å². The highest BCUT2D eigenvalue weighted by Gasteiger charge is 2.23. The molecule has 194 valence electrons. The molecule has 3 heterocycles. The number of rotatable bonds is 7. The van der Waals surface area contributed by atoms with E-state index in [0.717, 1.165) is 53.2 Å². The fourth-order valence-electron chi connectivity index (χ4n) is 5.03. The number of nitrogens with zero attached hydrogens (tertiary/aromatic N) is 4. The number of hydrogen-bond acceptors (Lipinski definition) is 7. The summed E-state index contributed by atoms with van der Waals surface area (Å²) in [5.41, 5.74) is 5.78. The summed E-state index contributed by atoms with van der Waals surface area (Å²) in [6, 6.07) is 11.4. The third-order valence-corrected chi connectivity index (χ3v) is 7.05. The van der Waals surface area contributed by atoms with Gasteiger partial charge in [0, 0.05) is 31.4 Å². The van der Waals surface area contributed by atoms with E-state index in [1.165, 1.54) is 0 Å². The molecule has 5 aromatic rings. The predicted octanol–water partition coefficient (Wildman–Crippen LogP) is 4.94. The number of carbonyl (C=O) groups excluding carboxylic acids is 1. The Kier molecular flexibility index (Phi) is 6.07. The van der Waals surface area contributed by atoms with Crippen LogP contribution < -0.4 is 20.1 Å². The number of carbonyl (C=O) groups is 1. The Morgan fingerprint density at radius 3 is 2.76 bits per heavy atom. The molecule has 0 aliphatic heterocycles. The molecule has 3 aromatic heterocycles. The Labute approximate surface area is 219 Å². The number of aromatic nitrogens is 5. The lowest BCUT2D eigenvalue weighted by Crippen LogP contribution is -2.17. The van der Waals surface area contributed by atoms with Crippen molar-refractivity contribution < 1.29 is 14.3 Å². The van der Waals surface area contributed by atoms with E-state index in [1.54, 1.807) is 32.4 Å². The van der Waals surface area contributed by atoms with Gasteiger partial charge in [-0.2, -0.15) is 9.97 Å². The highest BCUT2D eigenvalue weighted by Crippen LogP contribution is 2.38. The molecule has 0 saturated heterocycles. The normalized spacial score (nSPS) is 13.8. The van der Waals surface area contributed by atoms with Gasteiger partial charge in [0.1, 0.15) is 17.5 Å². The van der Waals surface area contributed by atoms with Crippen LogP contribution in [0.25, 0.3) is 33.2 Å². The van der Waals surface area contributed by atoms with Gasteiger partial charge in [-0.1, -0.05) is 6.07 Å². The molecule has 1 aliphatic rings. The maximum atomic E-state index is 12.1. The van der Waals surface area contributed by atoms with Gasteiger partial charge in [0.05, 0.1) is 35.5 Å². The molecular formula is C28H29N7O3. The first-order chi connectivity index (χ1) is 18.5. The van der Waals surface area contributed by atoms with E-state index in [-0.39, 0.29) is 12.0 Å². The van der Waals surface area contributed by atoms with E-state index >= 15 is 0 Å². The van der Waals surface area contributed by atoms with Crippen molar-refractivity contribution in [1.29, 1.82) is 0 Å². The van der Waals surface area contributed by atoms with Crippen molar-refractivity contribution in [2.75, 3.05) is 19.5 Å². The maximum Gasteiger partial charge on any atom is 0.251 e. The number of imidazole rings is 1. The van der Waals surface area contributed by atoms with Gasteiger partial charge >= 0.3 is 0 Å². The van der Waals surface area contributed by atoms with Crippen molar-refractivity contribution in [2.24, 2.45) is 7.05 Å². The van der Waals surface area contributed by atoms with Gasteiger partial charge in [0.25, 0.3) is 5.91 Å². The van der Waals surface area contributed by atoms with E-state index in [4.69, 9.17) is 19.4 Å². The van der Waals surface area contributed by atoms with Crippen molar-refractivity contribution in [1.82, 2.24) is 29.8 Å². The first kappa shape index (κ1) is 23.8. The number of aryl methyl sites for hydroxylation is 1. The highest BCUT2D eigenvalue weighted by molar-refractivity contribution is 5.99. The molecule has 1 amide bonds. The van der Waals surface area contributed by atoms with E-state index in [0.29, 0.717) is 34.5 Å². The van der Waals surface area contributed by atoms with Crippen molar-refractivity contribution in [3.63, 3.8) is 0 Å². The smallest absolute Gasteiger partial charge is 0.251 e. The van der Waals surface area contributed by atoms with Crippen LogP contribution >= 0.6 is 0 Å². The van der Waals surface area contributed by atoms with E-state index in [1.807, 2.05) is 30.2 Å². The molecule has 0 spiro atoms. The Morgan fingerprint density at radius 1 is 1.13 bits per heavy atom. The number of amides is 1. The van der Waals surface area contributed by atoms with E-state index in [9.17, 15) is 4.79 Å². The van der Waals surface area contributed by atoms with Gasteiger partial charge in [-0.05, 0) is 61.6 Å². The molecule has 3 N–H and O–H groups in total. The number of aromatic amines is 1. The molecule has 6 rings (SSSR count). The second kappa shape index (κ2) is 9.70. The summed E-state index contributed by atoms with van der Waals surface area (Å²) < 4.78 is 14.0. The number of H-pyrrole nitrogens is 1. The average Bonchev–Trinajstić information content (AvgIpc) is 3.69. The van der Waals surface area contributed by atoms with Crippen LogP contribution in [0.3, 0.4) is 0 Å². The quantitative estimate of drug-likeness (QED) is 0.283. The SMILES string of the molecule is CNC(=O)c1ccc(Nc2nc(OC3CCCC3)c3c(-c4ccc5ncn(C)c5c4)c[nH]c3n2)c(OC)c1. The van der Waals surface area contributed by atoms with Gasteiger partial charge in [-0.3, -0.25) is 4.79 Å². The maximum absolute atomic E-state index is 12.1. The first-order valence-electron chi connectivity index (χ1n) is 12.7. The topological polar surface area (TPSA) is 119 Å². The van der Waals surface area contributed by atoms with Crippen LogP contribution in [0, 0.1) is 0 Å². The molecule has 1 fully saturated rings. The molecule has 1 saturated carbocycles. The van der Waals surface area contributed by atoms with Crippen molar-refractivity contribution in [3.8, 4) is 22.8 Å². The number of methoxy groups -OCH3 is 1. The zero-order chi connectivity index (χ0) is 26.2. The Bertz CT molecular complexity index is 1650. The molecule has 10 heteroatoms. The standard InChI is InChI=1S/C28H29N7O3/c1-29-26(36)17-9-11-21(23(13-17)37-3)32-28-33-25-24(27(34-28)38-18-6-4-5-7-18)19(14-30-25)16-8-10-20-22(12-16)35(2)15-31-20/h8-15,18H,4-7H2,1-3H3,(H,29,36)(H2,30,32,33,34). The number of ether oxygens (including phenoxy) is 2. The zero-order valence-corrected chi connectivity index (χ0v) is 21.5. The van der Waals surface area contributed by atoms with Crippen LogP contribution in [-0.4, -0.2) is 50.7 Å². The number of nitrogens with one attached hydrogen (secondary N) is 3. The summed E-state index contributed by atoms with van der Waals surface area (Å²) in [7, 11) is 5.14. The predicted molar refractivity (Wildman–Crippen MR) is 146 cm³/mol. The van der Waals surface area contributed by atoms with Crippen molar-refractivity contribution in [3.05, 3.63) is 54.5 Å². The molecule has 0 unspecified atom stereocenters. The second-order valence-electron chi connectivity index (χ2n) is 9.48. The fourth-order valence-corrected chi connectivity index (χ4v) is 5.03. The summed E-state index contributed by atoms with van der Waals surface area (Å²) in [5.74, 6) is 1.21. The molecule has 0 bridgehead atoms. The minimum absolute atomic E-state index is 0.115. The van der Waals surface area contributed by atoms with Gasteiger partial charge in [-0.25, -0.2) is 4.98 Å². The Balaban J connectivity index is 1.43. The number of benzene rings is 2. The highest BCUT2D eigenvalue weighted by atomic mass is 16.5. The third-order valence-electron chi connectivity index (χ3n) is 7.05. The number of fused-ring (bicyclic) bond motifs is 2. The largest absolute Gasteiger partial charge is 0.495 e. The number of hydrogen-bond donors (Lipinski definition) is 3. The molecule has 0 atom stereocenters. The van der Waals surface area contributed by atoms with Crippen LogP contribution in [0.15, 0.2) is 48.9 Å². The van der Waals surface area contributed by atoms with Gasteiger partial charge in [0.2, 0.25) is 11.8 Å². The van der Waals surface area contributed by atoms with Crippen LogP contribution in [0.4, 0.5) is 11.6 Å². The van der Waals surface area contributed by atoms with E-state index < -0.39 is 0 Å². The van der Waals surface area contributed by atoms with Gasteiger partial charge < -0.3 is 29.7 Å². The molecule has 38 heavy (non-hydrogen) atoms. The molecule has 1 aliphatic carbocycles. The summed E-state index contributed by atoms with van der Waals surface area (Å²) in [6.45, 7) is 0. The summed E-state index contributed by atoms with van der Waals surface area (Å²) in [4.78, 5) is 29.4. The molecule has 2 aromatic carbocycles. The van der Waals surface area contributed by atoms with E-state index in [2.05, 4.69) is 32.7 Å². The lowest BCUT2D eigenvalue weighted by atomic mass is 10.1. The molecule has 0 radical (unpaired) electrons. The zero-order valence-electron chi connectivity index (χ0n) is 21.5. The summed E-state index contributed by atoms with van der Waals surface area (Å²) in [5, 5.41) is 6.72. The molecular weight excluding hydrogens is 482 g/mol. The average molecular weight is 512 g/mol. The van der Waals surface area contributed by atoms with Crippen LogP contribution in [0.1, 0.15) is 36.0 Å². The minimum atomic E-state index is -0.192. The first-order valence-corrected chi connectivity index (χ1v) is 12.7. The fraction of sp³-hybridized carbons (Fsp3) is 0.286. The minimum Gasteiger partial charge on any atom is -0.495 e. The Morgan fingerprint density at radius 2 is 1.97 bits per heavy atom. The van der Waals surface area contributed by atoms with Crippen LogP contribution in [0.5, 0.6) is 11.6 Å².